The van der Waals surface area contributed by atoms with Crippen LogP contribution in [0, 0.1) is 5.41 Å². The normalized spacial score (nSPS) is 13.2. The summed E-state index contributed by atoms with van der Waals surface area (Å²) in [6.45, 7) is 10.8. The molecule has 3 nitrogen and oxygen atoms in total. The van der Waals surface area contributed by atoms with E-state index in [1.54, 1.807) is 0 Å². The van der Waals surface area contributed by atoms with Crippen LogP contribution in [0.4, 0.5) is 0 Å². The molecule has 1 rings (SSSR count). The van der Waals surface area contributed by atoms with Crippen LogP contribution in [0.25, 0.3) is 0 Å². The van der Waals surface area contributed by atoms with Crippen molar-refractivity contribution in [3.63, 3.8) is 0 Å². The van der Waals surface area contributed by atoms with E-state index in [-0.39, 0.29) is 0 Å². The number of ether oxygens (including phenoxy) is 1. The van der Waals surface area contributed by atoms with Crippen LogP contribution in [-0.4, -0.2) is 36.1 Å². The second-order valence-electron chi connectivity index (χ2n) is 6.62. The monoisotopic (exact) mass is 308 g/mol. The van der Waals surface area contributed by atoms with Crippen molar-refractivity contribution in [3.05, 3.63) is 29.8 Å². The van der Waals surface area contributed by atoms with Gasteiger partial charge in [0.15, 0.2) is 0 Å². The number of thiocarbonyl (C=S) groups is 1. The molecule has 0 aliphatic carbocycles. The molecule has 0 heterocycles. The minimum Gasteiger partial charge on any atom is -0.494 e. The van der Waals surface area contributed by atoms with E-state index in [1.807, 2.05) is 24.3 Å². The molecule has 0 aliphatic rings. The summed E-state index contributed by atoms with van der Waals surface area (Å²) in [7, 11) is 2.17. The molecule has 4 heteroatoms. The molecule has 0 bridgehead atoms. The second kappa shape index (κ2) is 7.76. The quantitative estimate of drug-likeness (QED) is 0.618. The highest BCUT2D eigenvalue weighted by Crippen LogP contribution is 2.23. The average molecular weight is 308 g/mol. The first-order chi connectivity index (χ1) is 9.71. The third kappa shape index (κ3) is 6.02. The molecular weight excluding hydrogens is 280 g/mol. The molecule has 2 N–H and O–H groups in total. The first-order valence-electron chi connectivity index (χ1n) is 7.44. The van der Waals surface area contributed by atoms with Gasteiger partial charge < -0.3 is 15.4 Å². The minimum absolute atomic E-state index is 0.292. The fourth-order valence-electron chi connectivity index (χ4n) is 2.10. The van der Waals surface area contributed by atoms with Crippen LogP contribution in [0.1, 0.15) is 39.7 Å². The van der Waals surface area contributed by atoms with Crippen molar-refractivity contribution < 1.29 is 4.74 Å². The summed E-state index contributed by atoms with van der Waals surface area (Å²) < 4.78 is 5.77. The summed E-state index contributed by atoms with van der Waals surface area (Å²) in [4.78, 5) is 2.79. The van der Waals surface area contributed by atoms with E-state index in [0.717, 1.165) is 24.3 Å². The molecule has 0 saturated carbocycles. The summed E-state index contributed by atoms with van der Waals surface area (Å²) in [5.41, 5.74) is 6.76. The number of nitrogens with zero attached hydrogens (tertiary/aromatic N) is 1. The summed E-state index contributed by atoms with van der Waals surface area (Å²) in [6, 6.07) is 8.18. The topological polar surface area (TPSA) is 38.5 Å². The van der Waals surface area contributed by atoms with Gasteiger partial charge in [0.2, 0.25) is 0 Å². The molecule has 1 aromatic rings. The van der Waals surface area contributed by atoms with Gasteiger partial charge in [0.25, 0.3) is 0 Å². The van der Waals surface area contributed by atoms with Crippen molar-refractivity contribution >= 4 is 17.2 Å². The van der Waals surface area contributed by atoms with Crippen LogP contribution in [0.5, 0.6) is 5.75 Å². The lowest BCUT2D eigenvalue weighted by Crippen LogP contribution is -2.40. The van der Waals surface area contributed by atoms with Crippen molar-refractivity contribution in [3.8, 4) is 5.75 Å². The van der Waals surface area contributed by atoms with E-state index in [9.17, 15) is 0 Å². The Bertz CT molecular complexity index is 468. The van der Waals surface area contributed by atoms with Crippen LogP contribution in [-0.2, 0) is 0 Å². The number of hydrogen-bond donors (Lipinski definition) is 1. The van der Waals surface area contributed by atoms with Crippen molar-refractivity contribution in [2.75, 3.05) is 20.2 Å². The zero-order valence-electron chi connectivity index (χ0n) is 13.8. The summed E-state index contributed by atoms with van der Waals surface area (Å²) in [5.74, 6) is 0.826. The van der Waals surface area contributed by atoms with E-state index < -0.39 is 0 Å². The van der Waals surface area contributed by atoms with Gasteiger partial charge >= 0.3 is 0 Å². The van der Waals surface area contributed by atoms with E-state index in [1.165, 1.54) is 0 Å². The van der Waals surface area contributed by atoms with Gasteiger partial charge in [-0.25, -0.2) is 0 Å². The molecule has 0 spiro atoms. The molecule has 0 amide bonds. The Hall–Kier alpha value is -1.13. The lowest BCUT2D eigenvalue weighted by molar-refractivity contribution is 0.133. The highest BCUT2D eigenvalue weighted by Gasteiger charge is 2.23. The first-order valence-corrected chi connectivity index (χ1v) is 7.85. The zero-order chi connectivity index (χ0) is 16.0. The number of benzene rings is 1. The van der Waals surface area contributed by atoms with Crippen LogP contribution < -0.4 is 10.5 Å². The maximum atomic E-state index is 5.77. The predicted octanol–water partition coefficient (Wildman–Crippen LogP) is 3.46. The van der Waals surface area contributed by atoms with Gasteiger partial charge in [0.1, 0.15) is 10.7 Å². The molecule has 0 fully saturated rings. The third-order valence-corrected chi connectivity index (χ3v) is 4.19. The second-order valence-corrected chi connectivity index (χ2v) is 7.06. The lowest BCUT2D eigenvalue weighted by atomic mass is 9.87. The molecule has 1 unspecified atom stereocenters. The van der Waals surface area contributed by atoms with E-state index >= 15 is 0 Å². The van der Waals surface area contributed by atoms with Gasteiger partial charge in [0.05, 0.1) is 6.61 Å². The largest absolute Gasteiger partial charge is 0.494 e. The highest BCUT2D eigenvalue weighted by atomic mass is 32.1. The minimum atomic E-state index is 0.292. The summed E-state index contributed by atoms with van der Waals surface area (Å²) in [6.07, 6.45) is 0.994. The van der Waals surface area contributed by atoms with Gasteiger partial charge in [-0.15, -0.1) is 0 Å². The Kier molecular flexibility index (Phi) is 6.62. The molecule has 21 heavy (non-hydrogen) atoms. The third-order valence-electron chi connectivity index (χ3n) is 3.96. The predicted molar refractivity (Wildman–Crippen MR) is 94.0 cm³/mol. The standard InChI is InChI=1S/C17H28N2OS/c1-13(17(2,3)4)19(5)10-7-11-20-15-9-6-8-14(12-15)16(18)21/h6,8-9,12-13H,7,10-11H2,1-5H3,(H2,18,21). The van der Waals surface area contributed by atoms with E-state index in [4.69, 9.17) is 22.7 Å². The van der Waals surface area contributed by atoms with Crippen LogP contribution in [0.15, 0.2) is 24.3 Å². The molecule has 0 aromatic heterocycles. The Morgan fingerprint density at radius 3 is 2.62 bits per heavy atom. The maximum absolute atomic E-state index is 5.77. The molecule has 1 aromatic carbocycles. The van der Waals surface area contributed by atoms with E-state index in [0.29, 0.717) is 23.1 Å². The van der Waals surface area contributed by atoms with Gasteiger partial charge in [-0.2, -0.15) is 0 Å². The van der Waals surface area contributed by atoms with Crippen LogP contribution in [0.3, 0.4) is 0 Å². The fourth-order valence-corrected chi connectivity index (χ4v) is 2.22. The zero-order valence-corrected chi connectivity index (χ0v) is 14.7. The van der Waals surface area contributed by atoms with E-state index in [2.05, 4.69) is 39.6 Å². The van der Waals surface area contributed by atoms with Gasteiger partial charge in [-0.1, -0.05) is 45.1 Å². The molecule has 0 saturated heterocycles. The molecule has 0 radical (unpaired) electrons. The lowest BCUT2D eigenvalue weighted by Gasteiger charge is -2.35. The summed E-state index contributed by atoms with van der Waals surface area (Å²) >= 11 is 4.97. The SMILES string of the molecule is CC(N(C)CCCOc1cccc(C(N)=S)c1)C(C)(C)C. The van der Waals surface area contributed by atoms with Crippen molar-refractivity contribution in [1.29, 1.82) is 0 Å². The molecule has 1 atom stereocenters. The average Bonchev–Trinajstić information content (AvgIpc) is 2.41. The Morgan fingerprint density at radius 1 is 1.38 bits per heavy atom. The molecule has 0 aliphatic heterocycles. The van der Waals surface area contributed by atoms with Crippen LogP contribution in [0.2, 0.25) is 0 Å². The molecular formula is C17H28N2OS. The maximum Gasteiger partial charge on any atom is 0.119 e. The Balaban J connectivity index is 2.38. The smallest absolute Gasteiger partial charge is 0.119 e. The number of rotatable bonds is 7. The summed E-state index contributed by atoms with van der Waals surface area (Å²) in [5, 5.41) is 0. The van der Waals surface area contributed by atoms with Gasteiger partial charge in [0, 0.05) is 18.2 Å². The highest BCUT2D eigenvalue weighted by molar-refractivity contribution is 7.80. The van der Waals surface area contributed by atoms with Gasteiger partial charge in [-0.3, -0.25) is 0 Å². The molecule has 118 valence electrons. The van der Waals surface area contributed by atoms with Crippen molar-refractivity contribution in [2.24, 2.45) is 11.1 Å². The first kappa shape index (κ1) is 17.9. The van der Waals surface area contributed by atoms with Gasteiger partial charge in [-0.05, 0) is 37.9 Å². The Labute approximate surface area is 134 Å². The fraction of sp³-hybridized carbons (Fsp3) is 0.588. The van der Waals surface area contributed by atoms with Crippen molar-refractivity contribution in [1.82, 2.24) is 4.90 Å². The Morgan fingerprint density at radius 2 is 2.05 bits per heavy atom. The number of hydrogen-bond acceptors (Lipinski definition) is 3. The van der Waals surface area contributed by atoms with Crippen LogP contribution >= 0.6 is 12.2 Å². The van der Waals surface area contributed by atoms with Crippen molar-refractivity contribution in [2.45, 2.75) is 40.2 Å². The number of nitrogens with two attached hydrogens (primary N) is 1.